The van der Waals surface area contributed by atoms with Crippen molar-refractivity contribution in [1.82, 2.24) is 0 Å². The zero-order chi connectivity index (χ0) is 20.6. The van der Waals surface area contributed by atoms with Crippen molar-refractivity contribution in [3.05, 3.63) is 0 Å². The van der Waals surface area contributed by atoms with Crippen LogP contribution in [0.2, 0.25) is 0 Å². The van der Waals surface area contributed by atoms with Crippen LogP contribution in [0.3, 0.4) is 0 Å². The molecule has 0 saturated heterocycles. The molecule has 25 heavy (non-hydrogen) atoms. The molecule has 0 atom stereocenters. The molecule has 0 radical (unpaired) electrons. The van der Waals surface area contributed by atoms with E-state index in [2.05, 4.69) is 41.5 Å². The summed E-state index contributed by atoms with van der Waals surface area (Å²) in [4.78, 5) is 32.0. The zero-order valence-electron chi connectivity index (χ0n) is 16.3. The zero-order valence-corrected chi connectivity index (χ0v) is 19.0. The van der Waals surface area contributed by atoms with Gasteiger partial charge in [0.15, 0.2) is 0 Å². The Morgan fingerprint density at radius 3 is 0.840 bits per heavy atom. The van der Waals surface area contributed by atoms with E-state index < -0.39 is 8.60 Å². The number of carbonyl (C=O) groups is 4. The maximum atomic E-state index is 8.00. The molecule has 0 bridgehead atoms. The Morgan fingerprint density at radius 2 is 0.720 bits per heavy atom. The van der Waals surface area contributed by atoms with Crippen molar-refractivity contribution < 1.29 is 52.2 Å². The minimum Gasteiger partial charge on any atom is -0.312 e. The van der Waals surface area contributed by atoms with E-state index in [9.17, 15) is 0 Å². The molecular formula is C16H35O7PRu. The summed E-state index contributed by atoms with van der Waals surface area (Å²) in [6, 6.07) is 0. The van der Waals surface area contributed by atoms with Gasteiger partial charge in [0, 0.05) is 19.5 Å². The first-order valence-electron chi connectivity index (χ1n) is 7.26. The van der Waals surface area contributed by atoms with Crippen LogP contribution in [0, 0.1) is 17.8 Å². The molecule has 0 saturated carbocycles. The fourth-order valence-electron chi connectivity index (χ4n) is 0.742. The molecule has 0 amide bonds. The number of hydrogen-bond acceptors (Lipinski definition) is 7. The van der Waals surface area contributed by atoms with Crippen molar-refractivity contribution in [3.8, 4) is 0 Å². The van der Waals surface area contributed by atoms with Gasteiger partial charge < -0.3 is 32.7 Å². The van der Waals surface area contributed by atoms with E-state index in [1.54, 1.807) is 0 Å². The summed E-state index contributed by atoms with van der Waals surface area (Å²) in [6.07, 6.45) is 0. The van der Waals surface area contributed by atoms with Gasteiger partial charge in [-0.3, -0.25) is 0 Å². The van der Waals surface area contributed by atoms with Gasteiger partial charge in [0.25, 0.3) is 0 Å². The largest absolute Gasteiger partial charge is 0.332 e. The number of rotatable bonds is 9. The standard InChI is InChI=1S/C12H27O3P.4CH2O.Ru/c1-10(2)7-13-16(14-8-11(3)4)15-9-12(5)6;4*1-2;/h10-12H,7-9H2,1-6H3;4*1H2;. The first-order valence-corrected chi connectivity index (χ1v) is 8.35. The molecule has 0 unspecified atom stereocenters. The Kier molecular flexibility index (Phi) is 61.7. The molecule has 154 valence electrons. The first kappa shape index (κ1) is 39.6. The minimum absolute atomic E-state index is 0. The summed E-state index contributed by atoms with van der Waals surface area (Å²) in [5.74, 6) is 1.53. The molecule has 9 heteroatoms. The summed E-state index contributed by atoms with van der Waals surface area (Å²) in [5.41, 5.74) is 0. The summed E-state index contributed by atoms with van der Waals surface area (Å²) in [5, 5.41) is 0. The van der Waals surface area contributed by atoms with E-state index in [0.717, 1.165) is 0 Å². The van der Waals surface area contributed by atoms with Crippen LogP contribution in [0.15, 0.2) is 0 Å². The van der Waals surface area contributed by atoms with Crippen molar-refractivity contribution in [3.63, 3.8) is 0 Å². The summed E-state index contributed by atoms with van der Waals surface area (Å²) < 4.78 is 16.9. The van der Waals surface area contributed by atoms with Crippen molar-refractivity contribution in [2.45, 2.75) is 41.5 Å². The smallest absolute Gasteiger partial charge is 0.312 e. The van der Waals surface area contributed by atoms with E-state index in [0.29, 0.717) is 37.6 Å². The number of hydrogen-bond donors (Lipinski definition) is 0. The Balaban J connectivity index is -0.0000000874. The molecule has 0 aliphatic carbocycles. The molecular weight excluding hydrogens is 436 g/mol. The molecule has 0 heterocycles. The third-order valence-corrected chi connectivity index (χ3v) is 2.62. The van der Waals surface area contributed by atoms with E-state index >= 15 is 0 Å². The van der Waals surface area contributed by atoms with Gasteiger partial charge in [0.2, 0.25) is 0 Å². The van der Waals surface area contributed by atoms with Gasteiger partial charge in [-0.1, -0.05) is 41.5 Å². The van der Waals surface area contributed by atoms with Gasteiger partial charge in [0.1, 0.15) is 27.2 Å². The molecule has 0 aliphatic rings. The van der Waals surface area contributed by atoms with Gasteiger partial charge in [-0.15, -0.1) is 0 Å². The van der Waals surface area contributed by atoms with E-state index in [1.165, 1.54) is 0 Å². The molecule has 0 rings (SSSR count). The summed E-state index contributed by atoms with van der Waals surface area (Å²) in [6.45, 7) is 22.8. The quantitative estimate of drug-likeness (QED) is 0.375. The van der Waals surface area contributed by atoms with Gasteiger partial charge >= 0.3 is 8.60 Å². The first-order chi connectivity index (χ1) is 11.4. The van der Waals surface area contributed by atoms with Crippen molar-refractivity contribution in [1.29, 1.82) is 0 Å². The maximum absolute atomic E-state index is 8.00. The van der Waals surface area contributed by atoms with Crippen molar-refractivity contribution >= 4 is 35.8 Å². The SMILES string of the molecule is C=O.C=O.C=O.C=O.CC(C)COP(OCC(C)C)OCC(C)C.[Ru]. The van der Waals surface area contributed by atoms with Crippen LogP contribution in [-0.4, -0.2) is 47.0 Å². The molecule has 0 fully saturated rings. The van der Waals surface area contributed by atoms with Crippen LogP contribution >= 0.6 is 8.60 Å². The van der Waals surface area contributed by atoms with Crippen LogP contribution in [0.25, 0.3) is 0 Å². The van der Waals surface area contributed by atoms with Crippen molar-refractivity contribution in [2.24, 2.45) is 17.8 Å². The molecule has 0 N–H and O–H groups in total. The average molecular weight is 471 g/mol. The Labute approximate surface area is 167 Å². The molecule has 0 aliphatic heterocycles. The topological polar surface area (TPSA) is 96.0 Å². The molecule has 7 nitrogen and oxygen atoms in total. The predicted octanol–water partition coefficient (Wildman–Crippen LogP) is 3.49. The summed E-state index contributed by atoms with van der Waals surface area (Å²) >= 11 is 0. The molecule has 0 aromatic heterocycles. The third kappa shape index (κ3) is 51.7. The fraction of sp³-hybridized carbons (Fsp3) is 0.750. The maximum Gasteiger partial charge on any atom is 0.332 e. The van der Waals surface area contributed by atoms with Gasteiger partial charge in [-0.25, -0.2) is 0 Å². The van der Waals surface area contributed by atoms with Gasteiger partial charge in [-0.2, -0.15) is 0 Å². The van der Waals surface area contributed by atoms with Crippen molar-refractivity contribution in [2.75, 3.05) is 19.8 Å². The van der Waals surface area contributed by atoms with Crippen LogP contribution in [0.1, 0.15) is 41.5 Å². The monoisotopic (exact) mass is 472 g/mol. The Bertz CT molecular complexity index is 186. The minimum atomic E-state index is -1.16. The van der Waals surface area contributed by atoms with E-state index in [1.807, 2.05) is 27.2 Å². The van der Waals surface area contributed by atoms with Crippen LogP contribution < -0.4 is 0 Å². The van der Waals surface area contributed by atoms with Gasteiger partial charge in [-0.05, 0) is 17.8 Å². The van der Waals surface area contributed by atoms with Gasteiger partial charge in [0.05, 0.1) is 19.8 Å². The average Bonchev–Trinajstić information content (AvgIpc) is 2.60. The van der Waals surface area contributed by atoms with Crippen LogP contribution in [-0.2, 0) is 52.2 Å². The predicted molar refractivity (Wildman–Crippen MR) is 97.8 cm³/mol. The summed E-state index contributed by atoms with van der Waals surface area (Å²) in [7, 11) is -1.16. The van der Waals surface area contributed by atoms with E-state index in [-0.39, 0.29) is 19.5 Å². The fourth-order valence-corrected chi connectivity index (χ4v) is 2.22. The molecule has 0 aromatic rings. The second-order valence-electron chi connectivity index (χ2n) is 5.29. The van der Waals surface area contributed by atoms with Crippen LogP contribution in [0.4, 0.5) is 0 Å². The second-order valence-corrected chi connectivity index (χ2v) is 6.51. The molecule has 0 spiro atoms. The Hall–Kier alpha value is -0.387. The van der Waals surface area contributed by atoms with E-state index in [4.69, 9.17) is 32.7 Å². The number of carbonyl (C=O) groups excluding carboxylic acids is 4. The molecule has 0 aromatic carbocycles. The second kappa shape index (κ2) is 38.9. The third-order valence-electron chi connectivity index (χ3n) is 1.54. The Morgan fingerprint density at radius 1 is 0.560 bits per heavy atom. The normalized spacial score (nSPS) is 8.56. The van der Waals surface area contributed by atoms with Crippen LogP contribution in [0.5, 0.6) is 0 Å².